The molecule has 0 spiro atoms. The van der Waals surface area contributed by atoms with Crippen molar-refractivity contribution in [1.82, 2.24) is 20.9 Å². The largest absolute Gasteiger partial charge is 0.397 e. The highest BCUT2D eigenvalue weighted by Gasteiger charge is 2.51. The number of amides is 4. The average Bonchev–Trinajstić information content (AvgIpc) is 3.72. The van der Waals surface area contributed by atoms with Gasteiger partial charge < -0.3 is 25.3 Å². The van der Waals surface area contributed by atoms with E-state index in [2.05, 4.69) is 67.1 Å². The minimum absolute atomic E-state index is 0.151. The molecule has 4 amide bonds. The molecule has 0 bridgehead atoms. The number of unbranched alkanes of at least 4 members (excludes halogenated alkanes) is 1. The second-order valence-electron chi connectivity index (χ2n) is 16.6. The van der Waals surface area contributed by atoms with E-state index in [4.69, 9.17) is 4.43 Å². The number of nitrogens with zero attached hydrogens (tertiary/aromatic N) is 2. The SMILES string of the molecule is CC[C@]1(C)NC(=O)[C@H](CCC/C=C/C(=O)[C@H](C)O[Si](c2ccccc2)(c2ccccc2)C(C)(C)C)NC(=O)[C@H]2CCCN2C(=O)[C@H](Cc2ccc(C#N)cc2)NC1=O. The van der Waals surface area contributed by atoms with Gasteiger partial charge in [-0.05, 0) is 91.6 Å². The first-order valence-corrected chi connectivity index (χ1v) is 22.3. The highest BCUT2D eigenvalue weighted by molar-refractivity contribution is 6.99. The van der Waals surface area contributed by atoms with Gasteiger partial charge in [-0.1, -0.05) is 107 Å². The highest BCUT2D eigenvalue weighted by atomic mass is 28.4. The smallest absolute Gasteiger partial charge is 0.262 e. The summed E-state index contributed by atoms with van der Waals surface area (Å²) in [6, 6.07) is 26.4. The van der Waals surface area contributed by atoms with Crippen LogP contribution in [0.5, 0.6) is 0 Å². The molecule has 0 unspecified atom stereocenters. The van der Waals surface area contributed by atoms with Crippen LogP contribution in [0.3, 0.4) is 0 Å². The Morgan fingerprint density at radius 3 is 2.14 bits per heavy atom. The van der Waals surface area contributed by atoms with E-state index in [-0.39, 0.29) is 36.0 Å². The minimum Gasteiger partial charge on any atom is -0.397 e. The van der Waals surface area contributed by atoms with Crippen LogP contribution < -0.4 is 26.3 Å². The lowest BCUT2D eigenvalue weighted by Crippen LogP contribution is -2.68. The number of fused-ring (bicyclic) bond motifs is 1. The van der Waals surface area contributed by atoms with E-state index in [0.29, 0.717) is 37.8 Å². The van der Waals surface area contributed by atoms with Crippen LogP contribution in [-0.4, -0.2) is 78.9 Å². The van der Waals surface area contributed by atoms with Gasteiger partial charge in [-0.2, -0.15) is 5.26 Å². The molecule has 2 saturated heterocycles. The average molecular weight is 804 g/mol. The van der Waals surface area contributed by atoms with Crippen molar-refractivity contribution in [3.63, 3.8) is 0 Å². The molecule has 0 aliphatic carbocycles. The fraction of sp³-hybridized carbons (Fsp3) is 0.435. The Kier molecular flexibility index (Phi) is 14.3. The maximum atomic E-state index is 14.1. The van der Waals surface area contributed by atoms with Gasteiger partial charge in [-0.25, -0.2) is 0 Å². The number of hydrogen-bond donors (Lipinski definition) is 3. The first-order chi connectivity index (χ1) is 27.6. The summed E-state index contributed by atoms with van der Waals surface area (Å²) >= 11 is 0. The van der Waals surface area contributed by atoms with Gasteiger partial charge in [-0.15, -0.1) is 0 Å². The van der Waals surface area contributed by atoms with Gasteiger partial charge in [0.1, 0.15) is 29.8 Å². The second kappa shape index (κ2) is 18.9. The standard InChI is InChI=1S/C46H57N5O6Si/c1-7-46(6)44(56)49-38(30-33-25-27-34(31-47)28-26-33)43(55)51-29-17-23-39(51)42(54)48-37(41(53)50-46)22-15-10-16-24-40(52)32(2)57-58(45(3,4)5,35-18-11-8-12-19-35)36-20-13-9-14-21-36/h8-9,11-14,16,18-21,24-28,32,37-39H,7,10,15,17,22-23,29-30H2,1-6H3,(H,48,54)(H,49,56)(H,50,53)/b24-16+/t32-,37-,38-,39+,46-/m0/s1. The first-order valence-electron chi connectivity index (χ1n) is 20.4. The molecule has 0 radical (unpaired) electrons. The third-order valence-electron chi connectivity index (χ3n) is 11.5. The van der Waals surface area contributed by atoms with E-state index < -0.39 is 55.8 Å². The molecule has 3 aromatic rings. The van der Waals surface area contributed by atoms with E-state index in [1.165, 1.54) is 11.0 Å². The fourth-order valence-electron chi connectivity index (χ4n) is 7.96. The van der Waals surface area contributed by atoms with Crippen molar-refractivity contribution in [2.75, 3.05) is 6.54 Å². The number of nitriles is 1. The van der Waals surface area contributed by atoms with Gasteiger partial charge in [0.15, 0.2) is 5.78 Å². The maximum Gasteiger partial charge on any atom is 0.262 e. The number of nitrogens with one attached hydrogen (secondary N) is 3. The molecule has 2 aliphatic rings. The molecule has 11 nitrogen and oxygen atoms in total. The molecule has 2 fully saturated rings. The monoisotopic (exact) mass is 803 g/mol. The Morgan fingerprint density at radius 1 is 0.948 bits per heavy atom. The van der Waals surface area contributed by atoms with Gasteiger partial charge in [0.25, 0.3) is 8.32 Å². The van der Waals surface area contributed by atoms with Gasteiger partial charge in [0.05, 0.1) is 11.6 Å². The second-order valence-corrected chi connectivity index (χ2v) is 20.9. The van der Waals surface area contributed by atoms with Crippen molar-refractivity contribution >= 4 is 48.1 Å². The highest BCUT2D eigenvalue weighted by Crippen LogP contribution is 2.37. The van der Waals surface area contributed by atoms with Crippen molar-refractivity contribution in [2.24, 2.45) is 0 Å². The third kappa shape index (κ3) is 9.83. The number of hydrogen-bond acceptors (Lipinski definition) is 7. The molecule has 5 rings (SSSR count). The summed E-state index contributed by atoms with van der Waals surface area (Å²) < 4.78 is 6.97. The molecule has 2 aliphatic heterocycles. The number of ketones is 1. The van der Waals surface area contributed by atoms with Crippen molar-refractivity contribution < 1.29 is 28.4 Å². The molecule has 0 saturated carbocycles. The number of rotatable bonds is 13. The lowest BCUT2D eigenvalue weighted by molar-refractivity contribution is -0.144. The van der Waals surface area contributed by atoms with Crippen LogP contribution in [0.15, 0.2) is 97.1 Å². The summed E-state index contributed by atoms with van der Waals surface area (Å²) in [7, 11) is -2.95. The summed E-state index contributed by atoms with van der Waals surface area (Å²) in [5, 5.41) is 19.8. The van der Waals surface area contributed by atoms with Crippen LogP contribution in [0.4, 0.5) is 0 Å². The van der Waals surface area contributed by atoms with Crippen molar-refractivity contribution in [1.29, 1.82) is 5.26 Å². The van der Waals surface area contributed by atoms with Gasteiger partial charge in [-0.3, -0.25) is 24.0 Å². The zero-order valence-electron chi connectivity index (χ0n) is 34.5. The molecule has 306 valence electrons. The summed E-state index contributed by atoms with van der Waals surface area (Å²) in [6.45, 7) is 12.0. The molecule has 58 heavy (non-hydrogen) atoms. The summed E-state index contributed by atoms with van der Waals surface area (Å²) in [6.07, 6.45) is 5.15. The molecule has 0 aromatic heterocycles. The minimum atomic E-state index is -2.95. The number of allylic oxidation sites excluding steroid dienone is 1. The predicted octanol–water partition coefficient (Wildman–Crippen LogP) is 4.62. The number of benzene rings is 3. The van der Waals surface area contributed by atoms with Crippen LogP contribution >= 0.6 is 0 Å². The fourth-order valence-corrected chi connectivity index (χ4v) is 12.6. The van der Waals surface area contributed by atoms with Crippen molar-refractivity contribution in [2.45, 2.75) is 121 Å². The van der Waals surface area contributed by atoms with E-state index in [1.807, 2.05) is 36.4 Å². The number of carbonyl (C=O) groups excluding carboxylic acids is 5. The van der Waals surface area contributed by atoms with Crippen LogP contribution in [0.1, 0.15) is 91.2 Å². The zero-order valence-corrected chi connectivity index (χ0v) is 35.5. The normalized spacial score (nSPS) is 22.5. The van der Waals surface area contributed by atoms with Crippen LogP contribution in [0.2, 0.25) is 5.04 Å². The summed E-state index contributed by atoms with van der Waals surface area (Å²) in [4.78, 5) is 70.8. The zero-order chi connectivity index (χ0) is 42.1. The topological polar surface area (TPSA) is 158 Å². The quantitative estimate of drug-likeness (QED) is 0.129. The Morgan fingerprint density at radius 2 is 1.57 bits per heavy atom. The number of carbonyl (C=O) groups is 5. The molecular weight excluding hydrogens is 747 g/mol. The Hall–Kier alpha value is -5.38. The Labute approximate surface area is 343 Å². The summed E-state index contributed by atoms with van der Waals surface area (Å²) in [5.41, 5.74) is -0.162. The van der Waals surface area contributed by atoms with E-state index >= 15 is 0 Å². The molecule has 5 atom stereocenters. The van der Waals surface area contributed by atoms with E-state index in [9.17, 15) is 29.2 Å². The molecule has 3 N–H and O–H groups in total. The third-order valence-corrected chi connectivity index (χ3v) is 16.6. The molecule has 3 aromatic carbocycles. The van der Waals surface area contributed by atoms with Gasteiger partial charge in [0, 0.05) is 13.0 Å². The molecular formula is C46H57N5O6Si. The van der Waals surface area contributed by atoms with Crippen molar-refractivity contribution in [3.05, 3.63) is 108 Å². The van der Waals surface area contributed by atoms with Crippen LogP contribution in [0, 0.1) is 11.3 Å². The summed E-state index contributed by atoms with van der Waals surface area (Å²) in [5.74, 6) is -1.97. The van der Waals surface area contributed by atoms with Gasteiger partial charge >= 0.3 is 0 Å². The lowest BCUT2D eigenvalue weighted by atomic mass is 9.94. The van der Waals surface area contributed by atoms with Crippen LogP contribution in [0.25, 0.3) is 0 Å². The molecule has 12 heteroatoms. The van der Waals surface area contributed by atoms with Gasteiger partial charge in [0.2, 0.25) is 23.6 Å². The lowest BCUT2D eigenvalue weighted by Gasteiger charge is -2.44. The van der Waals surface area contributed by atoms with E-state index in [1.54, 1.807) is 51.1 Å². The van der Waals surface area contributed by atoms with Crippen LogP contribution in [-0.2, 0) is 34.8 Å². The predicted molar refractivity (Wildman–Crippen MR) is 226 cm³/mol. The maximum absolute atomic E-state index is 14.1. The molecule has 2 heterocycles. The van der Waals surface area contributed by atoms with Crippen molar-refractivity contribution in [3.8, 4) is 6.07 Å². The first kappa shape index (κ1) is 43.7. The Balaban J connectivity index is 1.29. The van der Waals surface area contributed by atoms with E-state index in [0.717, 1.165) is 15.9 Å². The Bertz CT molecular complexity index is 1970.